The van der Waals surface area contributed by atoms with E-state index in [1.165, 1.54) is 6.07 Å². The Morgan fingerprint density at radius 3 is 2.58 bits per heavy atom. The molecule has 3 nitrogen and oxygen atoms in total. The van der Waals surface area contributed by atoms with Crippen LogP contribution in [0.5, 0.6) is 0 Å². The first-order chi connectivity index (χ1) is 9.18. The van der Waals surface area contributed by atoms with Crippen LogP contribution in [0.25, 0.3) is 0 Å². The van der Waals surface area contributed by atoms with Crippen molar-refractivity contribution >= 4 is 5.97 Å². The topological polar surface area (TPSA) is 52.3 Å². The molecule has 0 aliphatic heterocycles. The number of ether oxygens (including phenoxy) is 1. The van der Waals surface area contributed by atoms with Crippen LogP contribution in [0, 0.1) is 11.2 Å². The average molecular weight is 265 g/mol. The number of rotatable bonds is 4. The molecule has 1 aromatic rings. The normalized spacial score (nSPS) is 18.0. The summed E-state index contributed by atoms with van der Waals surface area (Å²) in [5, 5.41) is 0. The molecule has 2 N–H and O–H groups in total. The van der Waals surface area contributed by atoms with Crippen LogP contribution in [0.15, 0.2) is 24.3 Å². The van der Waals surface area contributed by atoms with Gasteiger partial charge in [0.05, 0.1) is 5.41 Å². The van der Waals surface area contributed by atoms with E-state index in [9.17, 15) is 9.18 Å². The fourth-order valence-corrected chi connectivity index (χ4v) is 2.63. The zero-order chi connectivity index (χ0) is 13.7. The van der Waals surface area contributed by atoms with E-state index in [4.69, 9.17) is 10.5 Å². The molecule has 0 unspecified atom stereocenters. The van der Waals surface area contributed by atoms with Gasteiger partial charge in [0.1, 0.15) is 12.4 Å². The number of carbonyl (C=O) groups excluding carboxylic acids is 1. The summed E-state index contributed by atoms with van der Waals surface area (Å²) in [6, 6.07) is 6.33. The summed E-state index contributed by atoms with van der Waals surface area (Å²) in [5.74, 6) is -0.626. The maximum absolute atomic E-state index is 13.4. The van der Waals surface area contributed by atoms with Gasteiger partial charge < -0.3 is 10.5 Å². The van der Waals surface area contributed by atoms with Gasteiger partial charge in [0.25, 0.3) is 0 Å². The highest BCUT2D eigenvalue weighted by atomic mass is 19.1. The van der Waals surface area contributed by atoms with Crippen LogP contribution in [0.4, 0.5) is 4.39 Å². The van der Waals surface area contributed by atoms with Gasteiger partial charge in [-0.2, -0.15) is 0 Å². The minimum absolute atomic E-state index is 0.0206. The van der Waals surface area contributed by atoms with Crippen LogP contribution in [0.2, 0.25) is 0 Å². The zero-order valence-corrected chi connectivity index (χ0v) is 11.0. The molecule has 0 amide bonds. The minimum Gasteiger partial charge on any atom is -0.460 e. The minimum atomic E-state index is -0.552. The summed E-state index contributed by atoms with van der Waals surface area (Å²) >= 11 is 0. The van der Waals surface area contributed by atoms with E-state index in [1.54, 1.807) is 18.2 Å². The smallest absolute Gasteiger partial charge is 0.313 e. The second kappa shape index (κ2) is 6.15. The molecule has 1 aliphatic carbocycles. The first kappa shape index (κ1) is 14.0. The first-order valence-electron chi connectivity index (χ1n) is 6.79. The lowest BCUT2D eigenvalue weighted by Gasteiger charge is -2.33. The Bertz CT molecular complexity index is 442. The molecular weight excluding hydrogens is 245 g/mol. The van der Waals surface area contributed by atoms with E-state index in [0.717, 1.165) is 32.1 Å². The van der Waals surface area contributed by atoms with Crippen molar-refractivity contribution in [1.82, 2.24) is 0 Å². The highest BCUT2D eigenvalue weighted by Gasteiger charge is 2.39. The Labute approximate surface area is 112 Å². The van der Waals surface area contributed by atoms with Gasteiger partial charge in [-0.15, -0.1) is 0 Å². The predicted molar refractivity (Wildman–Crippen MR) is 70.8 cm³/mol. The van der Waals surface area contributed by atoms with Crippen LogP contribution < -0.4 is 5.73 Å². The third kappa shape index (κ3) is 3.13. The van der Waals surface area contributed by atoms with E-state index >= 15 is 0 Å². The molecule has 0 radical (unpaired) electrons. The predicted octanol–water partition coefficient (Wildman–Crippen LogP) is 2.78. The lowest BCUT2D eigenvalue weighted by molar-refractivity contribution is -0.159. The second-order valence-corrected chi connectivity index (χ2v) is 5.21. The molecule has 4 heteroatoms. The molecule has 1 aromatic carbocycles. The SMILES string of the molecule is NCC1(C(=O)OCc2ccccc2F)CCCCC1. The zero-order valence-electron chi connectivity index (χ0n) is 11.0. The van der Waals surface area contributed by atoms with Crippen molar-refractivity contribution in [3.8, 4) is 0 Å². The molecule has 104 valence electrons. The summed E-state index contributed by atoms with van der Waals surface area (Å²) in [6.45, 7) is 0.288. The number of nitrogens with two attached hydrogens (primary N) is 1. The lowest BCUT2D eigenvalue weighted by Crippen LogP contribution is -2.41. The van der Waals surface area contributed by atoms with Crippen molar-refractivity contribution < 1.29 is 13.9 Å². The van der Waals surface area contributed by atoms with Crippen LogP contribution in [-0.2, 0) is 16.1 Å². The Balaban J connectivity index is 1.98. The lowest BCUT2D eigenvalue weighted by atomic mass is 9.74. The molecule has 1 aliphatic rings. The van der Waals surface area contributed by atoms with Crippen LogP contribution in [0.1, 0.15) is 37.7 Å². The van der Waals surface area contributed by atoms with Crippen molar-refractivity contribution in [3.05, 3.63) is 35.6 Å². The van der Waals surface area contributed by atoms with Crippen molar-refractivity contribution in [1.29, 1.82) is 0 Å². The summed E-state index contributed by atoms with van der Waals surface area (Å²) in [5.41, 5.74) is 5.61. The molecule has 1 fully saturated rings. The van der Waals surface area contributed by atoms with Gasteiger partial charge in [-0.3, -0.25) is 4.79 Å². The maximum atomic E-state index is 13.4. The van der Waals surface area contributed by atoms with Gasteiger partial charge in [0.15, 0.2) is 0 Å². The fourth-order valence-electron chi connectivity index (χ4n) is 2.63. The van der Waals surface area contributed by atoms with E-state index in [-0.39, 0.29) is 18.4 Å². The van der Waals surface area contributed by atoms with Crippen LogP contribution in [-0.4, -0.2) is 12.5 Å². The average Bonchev–Trinajstić information content (AvgIpc) is 2.46. The number of halogens is 1. The molecular formula is C15H20FNO2. The molecule has 0 spiro atoms. The van der Waals surface area contributed by atoms with Crippen molar-refractivity contribution in [2.24, 2.45) is 11.1 Å². The molecule has 19 heavy (non-hydrogen) atoms. The molecule has 0 heterocycles. The van der Waals surface area contributed by atoms with Gasteiger partial charge in [0, 0.05) is 12.1 Å². The number of benzene rings is 1. The first-order valence-corrected chi connectivity index (χ1v) is 6.79. The number of carbonyl (C=O) groups is 1. The van der Waals surface area contributed by atoms with Gasteiger partial charge in [-0.05, 0) is 18.9 Å². The van der Waals surface area contributed by atoms with Gasteiger partial charge in [-0.25, -0.2) is 4.39 Å². The largest absolute Gasteiger partial charge is 0.460 e. The highest BCUT2D eigenvalue weighted by molar-refractivity contribution is 5.77. The van der Waals surface area contributed by atoms with E-state index < -0.39 is 5.41 Å². The van der Waals surface area contributed by atoms with E-state index in [1.807, 2.05) is 0 Å². The molecule has 2 rings (SSSR count). The Kier molecular flexibility index (Phi) is 4.53. The standard InChI is InChI=1S/C15H20FNO2/c16-13-7-3-2-6-12(13)10-19-14(18)15(11-17)8-4-1-5-9-15/h2-3,6-7H,1,4-5,8-11,17H2. The third-order valence-electron chi connectivity index (χ3n) is 3.95. The van der Waals surface area contributed by atoms with Crippen molar-refractivity contribution in [2.45, 2.75) is 38.7 Å². The quantitative estimate of drug-likeness (QED) is 0.852. The van der Waals surface area contributed by atoms with E-state index in [0.29, 0.717) is 12.1 Å². The monoisotopic (exact) mass is 265 g/mol. The molecule has 1 saturated carbocycles. The number of hydrogen-bond donors (Lipinski definition) is 1. The van der Waals surface area contributed by atoms with Crippen molar-refractivity contribution in [2.75, 3.05) is 6.54 Å². The Morgan fingerprint density at radius 2 is 1.95 bits per heavy atom. The molecule has 0 aromatic heterocycles. The number of esters is 1. The van der Waals surface area contributed by atoms with Crippen LogP contribution >= 0.6 is 0 Å². The Hall–Kier alpha value is -1.42. The summed E-state index contributed by atoms with van der Waals surface area (Å²) in [4.78, 5) is 12.2. The summed E-state index contributed by atoms with van der Waals surface area (Å²) in [7, 11) is 0. The van der Waals surface area contributed by atoms with Crippen LogP contribution in [0.3, 0.4) is 0 Å². The van der Waals surface area contributed by atoms with Gasteiger partial charge >= 0.3 is 5.97 Å². The maximum Gasteiger partial charge on any atom is 0.313 e. The fraction of sp³-hybridized carbons (Fsp3) is 0.533. The van der Waals surface area contributed by atoms with Gasteiger partial charge in [-0.1, -0.05) is 37.5 Å². The Morgan fingerprint density at radius 1 is 1.26 bits per heavy atom. The summed E-state index contributed by atoms with van der Waals surface area (Å²) < 4.78 is 18.7. The van der Waals surface area contributed by atoms with Crippen molar-refractivity contribution in [3.63, 3.8) is 0 Å². The highest BCUT2D eigenvalue weighted by Crippen LogP contribution is 2.36. The molecule has 0 saturated heterocycles. The summed E-state index contributed by atoms with van der Waals surface area (Å²) in [6.07, 6.45) is 4.71. The number of hydrogen-bond acceptors (Lipinski definition) is 3. The van der Waals surface area contributed by atoms with E-state index in [2.05, 4.69) is 0 Å². The molecule has 0 bridgehead atoms. The third-order valence-corrected chi connectivity index (χ3v) is 3.95. The van der Waals surface area contributed by atoms with Gasteiger partial charge in [0.2, 0.25) is 0 Å². The molecule has 0 atom stereocenters. The second-order valence-electron chi connectivity index (χ2n) is 5.21.